The van der Waals surface area contributed by atoms with Crippen LogP contribution in [0.25, 0.3) is 0 Å². The van der Waals surface area contributed by atoms with Gasteiger partial charge in [0.05, 0.1) is 5.92 Å². The summed E-state index contributed by atoms with van der Waals surface area (Å²) in [5.74, 6) is 1.03. The molecular formula is C21H31N3O2. The molecule has 3 rings (SSSR count). The van der Waals surface area contributed by atoms with Gasteiger partial charge in [0, 0.05) is 44.0 Å². The second-order valence-corrected chi connectivity index (χ2v) is 8.30. The molecule has 0 aliphatic carbocycles. The normalized spacial score (nSPS) is 21.5. The SMILES string of the molecule is CC(C)CN1CC(C(=O)Nc2ccc(N3CCC(C)CC3)cc2)CC1=O. The molecule has 2 saturated heterocycles. The molecule has 1 unspecified atom stereocenters. The Balaban J connectivity index is 1.54. The summed E-state index contributed by atoms with van der Waals surface area (Å²) in [6, 6.07) is 8.09. The summed E-state index contributed by atoms with van der Waals surface area (Å²) in [6.45, 7) is 9.95. The number of hydrogen-bond donors (Lipinski definition) is 1. The van der Waals surface area contributed by atoms with Gasteiger partial charge in [-0.3, -0.25) is 9.59 Å². The zero-order chi connectivity index (χ0) is 18.7. The predicted molar refractivity (Wildman–Crippen MR) is 105 cm³/mol. The lowest BCUT2D eigenvalue weighted by atomic mass is 9.99. The fraction of sp³-hybridized carbons (Fsp3) is 0.619. The van der Waals surface area contributed by atoms with E-state index >= 15 is 0 Å². The molecule has 0 spiro atoms. The second kappa shape index (κ2) is 8.11. The van der Waals surface area contributed by atoms with E-state index in [0.29, 0.717) is 18.9 Å². The molecule has 2 amide bonds. The number of anilines is 2. The van der Waals surface area contributed by atoms with E-state index < -0.39 is 0 Å². The summed E-state index contributed by atoms with van der Waals surface area (Å²) in [6.07, 6.45) is 2.80. The van der Waals surface area contributed by atoms with Crippen LogP contribution in [0.3, 0.4) is 0 Å². The molecule has 142 valence electrons. The van der Waals surface area contributed by atoms with Crippen LogP contribution in [0.2, 0.25) is 0 Å². The maximum absolute atomic E-state index is 12.5. The zero-order valence-corrected chi connectivity index (χ0v) is 16.2. The summed E-state index contributed by atoms with van der Waals surface area (Å²) < 4.78 is 0. The first-order valence-corrected chi connectivity index (χ1v) is 9.86. The minimum absolute atomic E-state index is 0.0517. The monoisotopic (exact) mass is 357 g/mol. The summed E-state index contributed by atoms with van der Waals surface area (Å²) in [7, 11) is 0. The van der Waals surface area contributed by atoms with Gasteiger partial charge in [-0.2, -0.15) is 0 Å². The van der Waals surface area contributed by atoms with E-state index in [0.717, 1.165) is 31.2 Å². The minimum atomic E-state index is -0.246. The number of piperidine rings is 1. The van der Waals surface area contributed by atoms with E-state index in [-0.39, 0.29) is 17.7 Å². The molecule has 2 heterocycles. The maximum Gasteiger partial charge on any atom is 0.229 e. The highest BCUT2D eigenvalue weighted by Gasteiger charge is 2.34. The number of nitrogens with one attached hydrogen (secondary N) is 1. The molecule has 5 nitrogen and oxygen atoms in total. The molecule has 0 saturated carbocycles. The smallest absolute Gasteiger partial charge is 0.229 e. The Labute approximate surface area is 156 Å². The molecule has 1 atom stereocenters. The zero-order valence-electron chi connectivity index (χ0n) is 16.2. The van der Waals surface area contributed by atoms with E-state index in [2.05, 4.69) is 43.1 Å². The highest BCUT2D eigenvalue weighted by atomic mass is 16.2. The second-order valence-electron chi connectivity index (χ2n) is 8.30. The van der Waals surface area contributed by atoms with Gasteiger partial charge in [-0.15, -0.1) is 0 Å². The summed E-state index contributed by atoms with van der Waals surface area (Å²) >= 11 is 0. The molecule has 2 aliphatic heterocycles. The number of nitrogens with zero attached hydrogens (tertiary/aromatic N) is 2. The van der Waals surface area contributed by atoms with Crippen molar-refractivity contribution < 1.29 is 9.59 Å². The molecule has 2 fully saturated rings. The Morgan fingerprint density at radius 2 is 1.85 bits per heavy atom. The van der Waals surface area contributed by atoms with E-state index in [4.69, 9.17) is 0 Å². The summed E-state index contributed by atoms with van der Waals surface area (Å²) in [4.78, 5) is 28.8. The Kier molecular flexibility index (Phi) is 5.84. The number of carbonyl (C=O) groups is 2. The van der Waals surface area contributed by atoms with Crippen molar-refractivity contribution in [3.8, 4) is 0 Å². The van der Waals surface area contributed by atoms with Gasteiger partial charge in [0.2, 0.25) is 11.8 Å². The van der Waals surface area contributed by atoms with Gasteiger partial charge in [0.1, 0.15) is 0 Å². The van der Waals surface area contributed by atoms with Gasteiger partial charge in [-0.05, 0) is 48.9 Å². The third-order valence-corrected chi connectivity index (χ3v) is 5.45. The van der Waals surface area contributed by atoms with Gasteiger partial charge < -0.3 is 15.1 Å². The minimum Gasteiger partial charge on any atom is -0.372 e. The quantitative estimate of drug-likeness (QED) is 0.879. The number of rotatable bonds is 5. The van der Waals surface area contributed by atoms with Crippen LogP contribution >= 0.6 is 0 Å². The summed E-state index contributed by atoms with van der Waals surface area (Å²) in [5.41, 5.74) is 2.02. The molecule has 26 heavy (non-hydrogen) atoms. The Morgan fingerprint density at radius 1 is 1.19 bits per heavy atom. The Hall–Kier alpha value is -2.04. The van der Waals surface area contributed by atoms with Crippen molar-refractivity contribution in [2.24, 2.45) is 17.8 Å². The number of benzene rings is 1. The van der Waals surface area contributed by atoms with Crippen LogP contribution in [0, 0.1) is 17.8 Å². The van der Waals surface area contributed by atoms with E-state index in [9.17, 15) is 9.59 Å². The van der Waals surface area contributed by atoms with Crippen LogP contribution in [0.15, 0.2) is 24.3 Å². The summed E-state index contributed by atoms with van der Waals surface area (Å²) in [5, 5.41) is 2.98. The van der Waals surface area contributed by atoms with Crippen molar-refractivity contribution in [1.29, 1.82) is 0 Å². The van der Waals surface area contributed by atoms with Gasteiger partial charge in [-0.25, -0.2) is 0 Å². The fourth-order valence-electron chi connectivity index (χ4n) is 3.83. The third kappa shape index (κ3) is 4.57. The van der Waals surface area contributed by atoms with Crippen LogP contribution in [-0.4, -0.2) is 42.9 Å². The van der Waals surface area contributed by atoms with Crippen LogP contribution in [-0.2, 0) is 9.59 Å². The molecule has 0 aromatic heterocycles. The van der Waals surface area contributed by atoms with Gasteiger partial charge in [-0.1, -0.05) is 20.8 Å². The highest BCUT2D eigenvalue weighted by molar-refractivity contribution is 5.97. The van der Waals surface area contributed by atoms with Crippen molar-refractivity contribution in [1.82, 2.24) is 4.90 Å². The lowest BCUT2D eigenvalue weighted by molar-refractivity contribution is -0.128. The standard InChI is InChI=1S/C21H31N3O2/c1-15(2)13-24-14-17(12-20(24)25)21(26)22-18-4-6-19(7-5-18)23-10-8-16(3)9-11-23/h4-7,15-17H,8-14H2,1-3H3,(H,22,26). The van der Waals surface area contributed by atoms with Crippen LogP contribution in [0.4, 0.5) is 11.4 Å². The number of amides is 2. The molecule has 2 aliphatic rings. The highest BCUT2D eigenvalue weighted by Crippen LogP contribution is 2.25. The number of carbonyl (C=O) groups excluding carboxylic acids is 2. The first-order chi connectivity index (χ1) is 12.4. The third-order valence-electron chi connectivity index (χ3n) is 5.45. The first kappa shape index (κ1) is 18.7. The predicted octanol–water partition coefficient (Wildman–Crippen LogP) is 3.37. The molecule has 0 bridgehead atoms. The van der Waals surface area contributed by atoms with Gasteiger partial charge in [0.15, 0.2) is 0 Å². The van der Waals surface area contributed by atoms with Crippen molar-refractivity contribution >= 4 is 23.2 Å². The molecule has 5 heteroatoms. The molecule has 1 aromatic carbocycles. The van der Waals surface area contributed by atoms with E-state index in [1.165, 1.54) is 18.5 Å². The molecule has 1 N–H and O–H groups in total. The topological polar surface area (TPSA) is 52.7 Å². The van der Waals surface area contributed by atoms with Crippen molar-refractivity contribution in [2.75, 3.05) is 36.4 Å². The maximum atomic E-state index is 12.5. The fourth-order valence-corrected chi connectivity index (χ4v) is 3.83. The lowest BCUT2D eigenvalue weighted by Crippen LogP contribution is -2.32. The van der Waals surface area contributed by atoms with Gasteiger partial charge in [0.25, 0.3) is 0 Å². The molecule has 0 radical (unpaired) electrons. The van der Waals surface area contributed by atoms with Crippen molar-refractivity contribution in [2.45, 2.75) is 40.0 Å². The number of hydrogen-bond acceptors (Lipinski definition) is 3. The van der Waals surface area contributed by atoms with Gasteiger partial charge >= 0.3 is 0 Å². The van der Waals surface area contributed by atoms with E-state index in [1.807, 2.05) is 17.0 Å². The molecule has 1 aromatic rings. The van der Waals surface area contributed by atoms with E-state index in [1.54, 1.807) is 0 Å². The van der Waals surface area contributed by atoms with Crippen molar-refractivity contribution in [3.05, 3.63) is 24.3 Å². The first-order valence-electron chi connectivity index (χ1n) is 9.86. The van der Waals surface area contributed by atoms with Crippen LogP contribution in [0.1, 0.15) is 40.0 Å². The Bertz CT molecular complexity index is 633. The van der Waals surface area contributed by atoms with Crippen LogP contribution in [0.5, 0.6) is 0 Å². The average Bonchev–Trinajstić information content (AvgIpc) is 2.97. The van der Waals surface area contributed by atoms with Crippen LogP contribution < -0.4 is 10.2 Å². The largest absolute Gasteiger partial charge is 0.372 e. The average molecular weight is 357 g/mol. The lowest BCUT2D eigenvalue weighted by Gasteiger charge is -2.32. The number of likely N-dealkylation sites (tertiary alicyclic amines) is 1. The van der Waals surface area contributed by atoms with Crippen molar-refractivity contribution in [3.63, 3.8) is 0 Å². The Morgan fingerprint density at radius 3 is 2.46 bits per heavy atom. The molecular weight excluding hydrogens is 326 g/mol.